The maximum absolute atomic E-state index is 12.4. The zero-order valence-electron chi connectivity index (χ0n) is 13.7. The first-order valence-electron chi connectivity index (χ1n) is 7.83. The summed E-state index contributed by atoms with van der Waals surface area (Å²) in [4.78, 5) is 16.6. The molecule has 0 radical (unpaired) electrons. The van der Waals surface area contributed by atoms with Crippen LogP contribution in [0.2, 0.25) is 0 Å². The predicted octanol–water partition coefficient (Wildman–Crippen LogP) is 3.63. The van der Waals surface area contributed by atoms with Crippen molar-refractivity contribution in [2.75, 3.05) is 0 Å². The van der Waals surface area contributed by atoms with Crippen molar-refractivity contribution in [2.24, 2.45) is 7.05 Å². The number of nitrogens with zero attached hydrogens (tertiary/aromatic N) is 2. The molecule has 0 aliphatic rings. The van der Waals surface area contributed by atoms with Crippen LogP contribution in [0.3, 0.4) is 0 Å². The average molecular weight is 307 g/mol. The zero-order valence-corrected chi connectivity index (χ0v) is 13.7. The normalized spacial score (nSPS) is 11.1. The monoisotopic (exact) mass is 307 g/mol. The van der Waals surface area contributed by atoms with Crippen molar-refractivity contribution in [3.05, 3.63) is 65.6 Å². The Bertz CT molecular complexity index is 834. The average Bonchev–Trinajstić information content (AvgIpc) is 2.90. The maximum Gasteiger partial charge on any atom is 0.251 e. The molecule has 1 N–H and O–H groups in total. The molecule has 118 valence electrons. The van der Waals surface area contributed by atoms with Gasteiger partial charge in [0, 0.05) is 35.9 Å². The quantitative estimate of drug-likeness (QED) is 0.800. The fourth-order valence-corrected chi connectivity index (χ4v) is 2.80. The van der Waals surface area contributed by atoms with Gasteiger partial charge in [-0.25, -0.2) is 0 Å². The molecule has 1 amide bonds. The van der Waals surface area contributed by atoms with Crippen molar-refractivity contribution >= 4 is 16.8 Å². The molecule has 0 atom stereocenters. The fourth-order valence-electron chi connectivity index (χ4n) is 2.80. The molecule has 0 fully saturated rings. The van der Waals surface area contributed by atoms with Gasteiger partial charge in [0.2, 0.25) is 0 Å². The standard InChI is InChI=1S/C19H21N3O/c1-13(2)17-12-22(3)18-8-7-14(10-16(17)18)19(23)21-11-15-6-4-5-9-20-15/h4-10,12-13H,11H2,1-3H3,(H,21,23). The summed E-state index contributed by atoms with van der Waals surface area (Å²) in [6, 6.07) is 11.6. The van der Waals surface area contributed by atoms with E-state index in [1.807, 2.05) is 43.4 Å². The smallest absolute Gasteiger partial charge is 0.251 e. The van der Waals surface area contributed by atoms with E-state index in [1.54, 1.807) is 6.20 Å². The summed E-state index contributed by atoms with van der Waals surface area (Å²) in [5.74, 6) is 0.349. The van der Waals surface area contributed by atoms with Gasteiger partial charge in [0.15, 0.2) is 0 Å². The molecule has 0 saturated carbocycles. The van der Waals surface area contributed by atoms with Crippen LogP contribution >= 0.6 is 0 Å². The number of amides is 1. The van der Waals surface area contributed by atoms with E-state index < -0.39 is 0 Å². The Morgan fingerprint density at radius 2 is 2.09 bits per heavy atom. The molecule has 0 aliphatic carbocycles. The number of carbonyl (C=O) groups excluding carboxylic acids is 1. The molecule has 3 rings (SSSR count). The number of aryl methyl sites for hydroxylation is 1. The number of hydrogen-bond acceptors (Lipinski definition) is 2. The van der Waals surface area contributed by atoms with E-state index >= 15 is 0 Å². The van der Waals surface area contributed by atoms with Crippen LogP contribution in [0.15, 0.2) is 48.8 Å². The largest absolute Gasteiger partial charge is 0.350 e. The van der Waals surface area contributed by atoms with Gasteiger partial charge in [0.1, 0.15) is 0 Å². The van der Waals surface area contributed by atoms with Crippen molar-refractivity contribution in [2.45, 2.75) is 26.3 Å². The number of pyridine rings is 1. The van der Waals surface area contributed by atoms with Gasteiger partial charge in [-0.05, 0) is 41.8 Å². The van der Waals surface area contributed by atoms with Crippen LogP contribution in [0, 0.1) is 0 Å². The van der Waals surface area contributed by atoms with Crippen molar-refractivity contribution in [3.8, 4) is 0 Å². The van der Waals surface area contributed by atoms with Crippen molar-refractivity contribution in [1.29, 1.82) is 0 Å². The third kappa shape index (κ3) is 3.11. The minimum atomic E-state index is -0.0730. The number of hydrogen-bond donors (Lipinski definition) is 1. The lowest BCUT2D eigenvalue weighted by atomic mass is 10.0. The summed E-state index contributed by atoms with van der Waals surface area (Å²) < 4.78 is 2.11. The molecule has 0 unspecified atom stereocenters. The molecule has 2 aromatic heterocycles. The molecule has 0 aliphatic heterocycles. The number of benzene rings is 1. The van der Waals surface area contributed by atoms with Crippen LogP contribution in [0.1, 0.15) is 41.4 Å². The number of aromatic nitrogens is 2. The summed E-state index contributed by atoms with van der Waals surface area (Å²) in [5.41, 5.74) is 3.95. The molecular weight excluding hydrogens is 286 g/mol. The van der Waals surface area contributed by atoms with Crippen molar-refractivity contribution in [3.63, 3.8) is 0 Å². The van der Waals surface area contributed by atoms with Gasteiger partial charge in [-0.1, -0.05) is 19.9 Å². The first kappa shape index (κ1) is 15.3. The van der Waals surface area contributed by atoms with E-state index in [4.69, 9.17) is 0 Å². The summed E-state index contributed by atoms with van der Waals surface area (Å²) in [5, 5.41) is 4.07. The Balaban J connectivity index is 1.85. The lowest BCUT2D eigenvalue weighted by Crippen LogP contribution is -2.23. The number of nitrogens with one attached hydrogen (secondary N) is 1. The SMILES string of the molecule is CC(C)c1cn(C)c2ccc(C(=O)NCc3ccccn3)cc12. The van der Waals surface area contributed by atoms with Gasteiger partial charge in [-0.3, -0.25) is 9.78 Å². The molecule has 4 heteroatoms. The third-order valence-electron chi connectivity index (χ3n) is 4.06. The number of carbonyl (C=O) groups is 1. The Hall–Kier alpha value is -2.62. The van der Waals surface area contributed by atoms with Gasteiger partial charge in [0.25, 0.3) is 5.91 Å². The van der Waals surface area contributed by atoms with Gasteiger partial charge < -0.3 is 9.88 Å². The highest BCUT2D eigenvalue weighted by molar-refractivity contribution is 5.99. The Kier molecular flexibility index (Phi) is 4.15. The van der Waals surface area contributed by atoms with E-state index in [-0.39, 0.29) is 5.91 Å². The zero-order chi connectivity index (χ0) is 16.4. The van der Waals surface area contributed by atoms with E-state index in [2.05, 4.69) is 34.9 Å². The van der Waals surface area contributed by atoms with Gasteiger partial charge >= 0.3 is 0 Å². The second-order valence-electron chi connectivity index (χ2n) is 6.09. The van der Waals surface area contributed by atoms with Crippen molar-refractivity contribution in [1.82, 2.24) is 14.9 Å². The van der Waals surface area contributed by atoms with Crippen molar-refractivity contribution < 1.29 is 4.79 Å². The third-order valence-corrected chi connectivity index (χ3v) is 4.06. The summed E-state index contributed by atoms with van der Waals surface area (Å²) >= 11 is 0. The van der Waals surface area contributed by atoms with Crippen LogP contribution in [0.25, 0.3) is 10.9 Å². The van der Waals surface area contributed by atoms with E-state index in [0.29, 0.717) is 18.0 Å². The van der Waals surface area contributed by atoms with E-state index in [1.165, 1.54) is 5.56 Å². The van der Waals surface area contributed by atoms with Gasteiger partial charge in [0.05, 0.1) is 12.2 Å². The number of rotatable bonds is 4. The van der Waals surface area contributed by atoms with E-state index in [9.17, 15) is 4.79 Å². The predicted molar refractivity (Wildman–Crippen MR) is 92.4 cm³/mol. The molecule has 23 heavy (non-hydrogen) atoms. The molecule has 3 aromatic rings. The highest BCUT2D eigenvalue weighted by Gasteiger charge is 2.13. The topological polar surface area (TPSA) is 46.9 Å². The summed E-state index contributed by atoms with van der Waals surface area (Å²) in [7, 11) is 2.04. The van der Waals surface area contributed by atoms with E-state index in [0.717, 1.165) is 16.6 Å². The van der Waals surface area contributed by atoms with Gasteiger partial charge in [-0.15, -0.1) is 0 Å². The highest BCUT2D eigenvalue weighted by atomic mass is 16.1. The molecule has 0 saturated heterocycles. The number of fused-ring (bicyclic) bond motifs is 1. The van der Waals surface area contributed by atoms with Crippen LogP contribution in [0.4, 0.5) is 0 Å². The Morgan fingerprint density at radius 1 is 1.26 bits per heavy atom. The lowest BCUT2D eigenvalue weighted by molar-refractivity contribution is 0.0950. The molecule has 0 bridgehead atoms. The van der Waals surface area contributed by atoms with Crippen LogP contribution in [-0.4, -0.2) is 15.5 Å². The van der Waals surface area contributed by atoms with Crippen LogP contribution in [-0.2, 0) is 13.6 Å². The minimum absolute atomic E-state index is 0.0730. The molecule has 4 nitrogen and oxygen atoms in total. The Morgan fingerprint density at radius 3 is 2.78 bits per heavy atom. The highest BCUT2D eigenvalue weighted by Crippen LogP contribution is 2.27. The fraction of sp³-hybridized carbons (Fsp3) is 0.263. The van der Waals surface area contributed by atoms with Crippen LogP contribution in [0.5, 0.6) is 0 Å². The first-order valence-corrected chi connectivity index (χ1v) is 7.83. The lowest BCUT2D eigenvalue weighted by Gasteiger charge is -2.07. The minimum Gasteiger partial charge on any atom is -0.350 e. The van der Waals surface area contributed by atoms with Crippen LogP contribution < -0.4 is 5.32 Å². The van der Waals surface area contributed by atoms with Gasteiger partial charge in [-0.2, -0.15) is 0 Å². The first-order chi connectivity index (χ1) is 11.1. The second-order valence-corrected chi connectivity index (χ2v) is 6.09. The second kappa shape index (κ2) is 6.24. The molecular formula is C19H21N3O. The summed E-state index contributed by atoms with van der Waals surface area (Å²) in [6.07, 6.45) is 3.87. The summed E-state index contributed by atoms with van der Waals surface area (Å²) in [6.45, 7) is 4.77. The Labute approximate surface area is 136 Å². The molecule has 0 spiro atoms. The molecule has 1 aromatic carbocycles. The maximum atomic E-state index is 12.4. The molecule has 2 heterocycles.